The maximum Gasteiger partial charge on any atom is 0.312 e. The number of carbonyl (C=O) groups is 3. The number of ketones is 1. The second-order valence-corrected chi connectivity index (χ2v) is 17.8. The minimum absolute atomic E-state index is 0.0631. The van der Waals surface area contributed by atoms with E-state index in [0.29, 0.717) is 19.1 Å². The van der Waals surface area contributed by atoms with Crippen molar-refractivity contribution in [3.63, 3.8) is 0 Å². The Balaban J connectivity index is 1.47. The minimum Gasteiger partial charge on any atom is -0.507 e. The fourth-order valence-corrected chi connectivity index (χ4v) is 9.47. The molecule has 1 saturated carbocycles. The van der Waals surface area contributed by atoms with Crippen LogP contribution in [0.4, 0.5) is 5.69 Å². The van der Waals surface area contributed by atoms with Crippen molar-refractivity contribution in [2.45, 2.75) is 117 Å². The van der Waals surface area contributed by atoms with Gasteiger partial charge in [0.15, 0.2) is 5.75 Å². The predicted octanol–water partition coefficient (Wildman–Crippen LogP) is 5.65. The van der Waals surface area contributed by atoms with Gasteiger partial charge in [-0.25, -0.2) is 0 Å². The number of ether oxygens (including phenoxy) is 4. The summed E-state index contributed by atoms with van der Waals surface area (Å²) >= 11 is 0. The van der Waals surface area contributed by atoms with Crippen LogP contribution in [0.2, 0.25) is 0 Å². The fourth-order valence-electron chi connectivity index (χ4n) is 9.47. The maximum absolute atomic E-state index is 14.5. The van der Waals surface area contributed by atoms with E-state index < -0.39 is 88.8 Å². The van der Waals surface area contributed by atoms with Crippen molar-refractivity contribution >= 4 is 40.3 Å². The van der Waals surface area contributed by atoms with Crippen LogP contribution >= 0.6 is 0 Å². The molecule has 5 aliphatic rings. The van der Waals surface area contributed by atoms with E-state index in [9.17, 15) is 39.9 Å². The summed E-state index contributed by atoms with van der Waals surface area (Å²) in [5, 5.41) is 67.6. The molecule has 6 N–H and O–H groups in total. The number of Topliss-reactive ketones (excluding diaryl/α,β-unsaturated/α-hetero) is 1. The molecule has 2 aromatic carbocycles. The number of nitrogens with zero attached hydrogens (tertiary/aromatic N) is 3. The number of phenolic OH excluding ortho intramolecular Hbond substituents is 3. The third-order valence-corrected chi connectivity index (χ3v) is 13.5. The topological polar surface area (TPSA) is 220 Å². The molecule has 0 aromatic heterocycles. The summed E-state index contributed by atoms with van der Waals surface area (Å²) in [7, 11) is 1.44. The van der Waals surface area contributed by atoms with Gasteiger partial charge in [0.1, 0.15) is 23.4 Å². The van der Waals surface area contributed by atoms with Crippen molar-refractivity contribution in [3.05, 3.63) is 52.8 Å². The number of fused-ring (bicyclic) bond motifs is 14. The van der Waals surface area contributed by atoms with Crippen molar-refractivity contribution in [2.75, 3.05) is 38.6 Å². The van der Waals surface area contributed by atoms with E-state index in [-0.39, 0.29) is 44.5 Å². The average molecular weight is 877 g/mol. The van der Waals surface area contributed by atoms with Gasteiger partial charge in [-0.2, -0.15) is 5.10 Å². The summed E-state index contributed by atoms with van der Waals surface area (Å²) in [6.45, 7) is 15.4. The number of rotatable bonds is 5. The Kier molecular flexibility index (Phi) is 14.5. The van der Waals surface area contributed by atoms with Gasteiger partial charge >= 0.3 is 11.8 Å². The molecule has 4 aliphatic heterocycles. The average Bonchev–Trinajstić information content (AvgIpc) is 3.89. The normalized spacial score (nSPS) is 32.4. The van der Waals surface area contributed by atoms with E-state index in [1.165, 1.54) is 85.1 Å². The SMILES string of the molecule is CO[C@H]1/C=C/O[C@]2(C)Oc3c(C)c(O)c4c(O)c(c(/C=N/N5CCN(C6CCCC6)CC5)c(O)c4c3C2=O)NC(=O)/C(C)=C\C=C\[C@H](C)[C@H](O)[C@H](C)[C@@H](O)[C@@H](C)[C@H](OC(C)=O)[C@@H]1C. The van der Waals surface area contributed by atoms with Crippen molar-refractivity contribution in [1.82, 2.24) is 9.91 Å². The zero-order valence-corrected chi connectivity index (χ0v) is 37.8. The van der Waals surface area contributed by atoms with Gasteiger partial charge in [0.05, 0.1) is 53.0 Å². The molecule has 9 atom stereocenters. The number of hydrogen-bond acceptors (Lipinski definition) is 15. The number of benzene rings is 2. The van der Waals surface area contributed by atoms with Crippen LogP contribution in [-0.2, 0) is 23.8 Å². The van der Waals surface area contributed by atoms with Crippen LogP contribution in [0.3, 0.4) is 0 Å². The molecule has 5 bridgehead atoms. The number of carbonyl (C=O) groups excluding carboxylic acids is 3. The number of phenols is 3. The summed E-state index contributed by atoms with van der Waals surface area (Å²) < 4.78 is 23.7. The summed E-state index contributed by atoms with van der Waals surface area (Å²) in [5.41, 5.74) is -0.293. The van der Waals surface area contributed by atoms with Crippen LogP contribution in [0.1, 0.15) is 95.6 Å². The number of hydrogen-bond donors (Lipinski definition) is 6. The number of methoxy groups -OCH3 is 1. The molecular formula is C47H64N4O12. The van der Waals surface area contributed by atoms with Gasteiger partial charge in [-0.1, -0.05) is 58.8 Å². The third-order valence-electron chi connectivity index (χ3n) is 13.5. The van der Waals surface area contributed by atoms with Gasteiger partial charge < -0.3 is 49.8 Å². The molecule has 344 valence electrons. The second-order valence-electron chi connectivity index (χ2n) is 17.8. The molecule has 1 aliphatic carbocycles. The molecule has 63 heavy (non-hydrogen) atoms. The standard InChI is InChI=1S/C47H64N4O12/c1-24-13-12-14-25(2)46(59)49-37-32(23-48-51-20-18-50(19-21-51)31-15-10-11-16-31)41(56)34-35(42(37)57)40(55)29(6)44-36(34)45(58)47(8,63-44)61-22-17-33(60-9)26(3)43(62-30(7)52)28(5)39(54)27(4)38(24)53/h12-14,17,22-24,26-28,31,33,38-39,43,53-57H,10-11,15-16,18-21H2,1-9H3,(H,49,59)/b13-12+,22-17+,25-14-,48-23+/t24-,26+,27-,28+,33-,38-,39+,43+,47+/m0/s1. The van der Waals surface area contributed by atoms with E-state index in [2.05, 4.69) is 15.3 Å². The molecule has 16 nitrogen and oxygen atoms in total. The van der Waals surface area contributed by atoms with E-state index in [0.717, 1.165) is 13.1 Å². The fraction of sp³-hybridized carbons (Fsp3) is 0.574. The van der Waals surface area contributed by atoms with E-state index in [1.807, 2.05) is 5.01 Å². The van der Waals surface area contributed by atoms with Gasteiger partial charge in [-0.3, -0.25) is 24.3 Å². The number of amides is 1. The first-order chi connectivity index (χ1) is 29.8. The number of allylic oxidation sites excluding steroid dienone is 2. The van der Waals surface area contributed by atoms with Gasteiger partial charge in [0, 0.05) is 93.4 Å². The Morgan fingerprint density at radius 2 is 1.59 bits per heavy atom. The first-order valence-corrected chi connectivity index (χ1v) is 21.9. The van der Waals surface area contributed by atoms with Crippen LogP contribution in [-0.4, -0.2) is 129 Å². The van der Waals surface area contributed by atoms with Crippen LogP contribution in [0, 0.1) is 30.6 Å². The molecule has 2 fully saturated rings. The third kappa shape index (κ3) is 9.40. The highest BCUT2D eigenvalue weighted by Gasteiger charge is 2.50. The van der Waals surface area contributed by atoms with E-state index in [1.54, 1.807) is 39.8 Å². The Bertz CT molecular complexity index is 2190. The molecule has 16 heteroatoms. The Hall–Kier alpha value is -5.16. The number of nitrogens with one attached hydrogen (secondary N) is 1. The largest absolute Gasteiger partial charge is 0.507 e. The first-order valence-electron chi connectivity index (χ1n) is 21.9. The van der Waals surface area contributed by atoms with Gasteiger partial charge in [0.25, 0.3) is 11.7 Å². The molecular weight excluding hydrogens is 813 g/mol. The Morgan fingerprint density at radius 3 is 2.22 bits per heavy atom. The summed E-state index contributed by atoms with van der Waals surface area (Å²) in [6.07, 6.45) is 9.75. The molecule has 0 unspecified atom stereocenters. The predicted molar refractivity (Wildman–Crippen MR) is 237 cm³/mol. The number of aromatic hydroxyl groups is 3. The highest BCUT2D eigenvalue weighted by molar-refractivity contribution is 6.23. The summed E-state index contributed by atoms with van der Waals surface area (Å²) in [5.74, 6) is -8.28. The van der Waals surface area contributed by atoms with Gasteiger partial charge in [-0.15, -0.1) is 0 Å². The first kappa shape index (κ1) is 47.3. The number of esters is 1. The lowest BCUT2D eigenvalue weighted by Gasteiger charge is -2.38. The van der Waals surface area contributed by atoms with Crippen molar-refractivity contribution in [2.24, 2.45) is 28.8 Å². The summed E-state index contributed by atoms with van der Waals surface area (Å²) in [6, 6.07) is 0.553. The quantitative estimate of drug-likeness (QED) is 0.0926. The molecule has 4 heterocycles. The zero-order chi connectivity index (χ0) is 46.1. The maximum atomic E-state index is 14.5. The lowest BCUT2D eigenvalue weighted by molar-refractivity contribution is -0.160. The number of anilines is 1. The Labute approximate surface area is 368 Å². The van der Waals surface area contributed by atoms with Crippen molar-refractivity contribution in [1.29, 1.82) is 0 Å². The lowest BCUT2D eigenvalue weighted by Crippen LogP contribution is -2.47. The van der Waals surface area contributed by atoms with E-state index in [4.69, 9.17) is 18.9 Å². The van der Waals surface area contributed by atoms with Crippen LogP contribution in [0.25, 0.3) is 10.8 Å². The molecule has 0 spiro atoms. The highest BCUT2D eigenvalue weighted by Crippen LogP contribution is 2.55. The zero-order valence-electron chi connectivity index (χ0n) is 37.8. The van der Waals surface area contributed by atoms with Crippen LogP contribution in [0.15, 0.2) is 41.2 Å². The molecule has 2 aromatic rings. The van der Waals surface area contributed by atoms with Crippen molar-refractivity contribution in [3.8, 4) is 23.0 Å². The monoisotopic (exact) mass is 876 g/mol. The van der Waals surface area contributed by atoms with Crippen LogP contribution in [0.5, 0.6) is 23.0 Å². The lowest BCUT2D eigenvalue weighted by atomic mass is 9.78. The number of aliphatic hydroxyl groups excluding tert-OH is 2. The molecule has 1 saturated heterocycles. The number of aliphatic hydroxyl groups is 2. The van der Waals surface area contributed by atoms with E-state index >= 15 is 0 Å². The smallest absolute Gasteiger partial charge is 0.312 e. The van der Waals surface area contributed by atoms with Crippen LogP contribution < -0.4 is 10.1 Å². The van der Waals surface area contributed by atoms with Gasteiger partial charge in [-0.05, 0) is 32.8 Å². The number of hydrazone groups is 1. The van der Waals surface area contributed by atoms with Crippen molar-refractivity contribution < 1.29 is 58.9 Å². The Morgan fingerprint density at radius 1 is 0.921 bits per heavy atom. The molecule has 0 radical (unpaired) electrons. The molecule has 1 amide bonds. The minimum atomic E-state index is -2.04. The molecule has 7 rings (SSSR count). The summed E-state index contributed by atoms with van der Waals surface area (Å²) in [4.78, 5) is 43.2. The second kappa shape index (κ2) is 19.3. The number of piperazine rings is 1. The van der Waals surface area contributed by atoms with Gasteiger partial charge in [0.2, 0.25) is 0 Å². The highest BCUT2D eigenvalue weighted by atomic mass is 16.7.